The highest BCUT2D eigenvalue weighted by atomic mass is 17.0. The molecule has 1 aliphatic carbocycles. The predicted molar refractivity (Wildman–Crippen MR) is 66.7 cm³/mol. The molecule has 3 rings (SSSR count). The summed E-state index contributed by atoms with van der Waals surface area (Å²) in [6, 6.07) is 10.9. The van der Waals surface area contributed by atoms with Crippen LogP contribution < -0.4 is 10.6 Å². The molecule has 1 aliphatic rings. The third-order valence-electron chi connectivity index (χ3n) is 3.16. The van der Waals surface area contributed by atoms with Gasteiger partial charge in [-0.15, -0.1) is 10.1 Å². The van der Waals surface area contributed by atoms with Crippen LogP contribution >= 0.6 is 0 Å². The van der Waals surface area contributed by atoms with Gasteiger partial charge >= 0.3 is 0 Å². The van der Waals surface area contributed by atoms with E-state index in [0.29, 0.717) is 12.1 Å². The summed E-state index contributed by atoms with van der Waals surface area (Å²) in [6.45, 7) is 0. The Morgan fingerprint density at radius 2 is 1.78 bits per heavy atom. The van der Waals surface area contributed by atoms with Crippen LogP contribution in [0.2, 0.25) is 0 Å². The van der Waals surface area contributed by atoms with Gasteiger partial charge in [0.2, 0.25) is 0 Å². The van der Waals surface area contributed by atoms with E-state index in [1.165, 1.54) is 0 Å². The molecule has 0 aliphatic heterocycles. The largest absolute Gasteiger partial charge is 0.398 e. The normalized spacial score (nSPS) is 11.8. The van der Waals surface area contributed by atoms with Crippen LogP contribution in [0.1, 0.15) is 11.1 Å². The predicted octanol–water partition coefficient (Wildman–Crippen LogP) is 2.41. The van der Waals surface area contributed by atoms with Crippen molar-refractivity contribution in [3.8, 4) is 16.9 Å². The first kappa shape index (κ1) is 10.6. The van der Waals surface area contributed by atoms with Gasteiger partial charge in [0, 0.05) is 12.1 Å². The number of rotatable bonds is 2. The van der Waals surface area contributed by atoms with Crippen molar-refractivity contribution >= 4 is 5.69 Å². The molecule has 5 heteroatoms. The second-order valence-electron chi connectivity index (χ2n) is 4.15. The number of nitrogens with two attached hydrogens (primary N) is 1. The van der Waals surface area contributed by atoms with E-state index in [0.717, 1.165) is 22.3 Å². The molecule has 0 amide bonds. The Kier molecular flexibility index (Phi) is 2.19. The molecule has 0 heterocycles. The Hall–Kier alpha value is -2.56. The van der Waals surface area contributed by atoms with E-state index in [4.69, 9.17) is 5.73 Å². The minimum Gasteiger partial charge on any atom is -0.398 e. The summed E-state index contributed by atoms with van der Waals surface area (Å²) >= 11 is 0. The Morgan fingerprint density at radius 1 is 1.11 bits per heavy atom. The van der Waals surface area contributed by atoms with E-state index in [1.54, 1.807) is 12.1 Å². The summed E-state index contributed by atoms with van der Waals surface area (Å²) in [7, 11) is 0. The minimum atomic E-state index is -0.790. The van der Waals surface area contributed by atoms with Gasteiger partial charge in [0.25, 0.3) is 5.09 Å². The van der Waals surface area contributed by atoms with Gasteiger partial charge in [-0.1, -0.05) is 24.3 Å². The number of fused-ring (bicyclic) bond motifs is 3. The van der Waals surface area contributed by atoms with E-state index in [-0.39, 0.29) is 5.75 Å². The highest BCUT2D eigenvalue weighted by Crippen LogP contribution is 2.43. The average molecular weight is 242 g/mol. The molecule has 18 heavy (non-hydrogen) atoms. The van der Waals surface area contributed by atoms with Crippen LogP contribution in [-0.2, 0) is 6.42 Å². The second kappa shape index (κ2) is 3.73. The SMILES string of the molecule is Nc1cccc2c1Cc1c(O[N+](=O)[O-])cccc1-2. The van der Waals surface area contributed by atoms with E-state index in [1.807, 2.05) is 24.3 Å². The molecular formula is C13H10N2O3. The zero-order valence-electron chi connectivity index (χ0n) is 9.42. The van der Waals surface area contributed by atoms with Gasteiger partial charge in [-0.25, -0.2) is 0 Å². The fourth-order valence-electron chi connectivity index (χ4n) is 2.40. The van der Waals surface area contributed by atoms with Gasteiger partial charge in [0.05, 0.1) is 0 Å². The number of nitrogens with zero attached hydrogens (tertiary/aromatic N) is 1. The lowest BCUT2D eigenvalue weighted by Gasteiger charge is -2.05. The van der Waals surface area contributed by atoms with Crippen molar-refractivity contribution in [2.45, 2.75) is 6.42 Å². The average Bonchev–Trinajstić information content (AvgIpc) is 2.70. The van der Waals surface area contributed by atoms with Crippen molar-refractivity contribution in [1.82, 2.24) is 0 Å². The standard InChI is InChI=1S/C13H10N2O3/c14-12-5-1-3-8-9-4-2-6-13(18-15(16)17)11(9)7-10(8)12/h1-6H,7,14H2. The summed E-state index contributed by atoms with van der Waals surface area (Å²) in [6.07, 6.45) is 0.571. The molecule has 0 radical (unpaired) electrons. The van der Waals surface area contributed by atoms with Gasteiger partial charge in [-0.3, -0.25) is 4.84 Å². The van der Waals surface area contributed by atoms with E-state index in [2.05, 4.69) is 4.84 Å². The smallest absolute Gasteiger partial charge is 0.299 e. The lowest BCUT2D eigenvalue weighted by Crippen LogP contribution is -2.05. The lowest BCUT2D eigenvalue weighted by molar-refractivity contribution is -0.711. The molecule has 0 aromatic heterocycles. The molecule has 0 saturated heterocycles. The van der Waals surface area contributed by atoms with Gasteiger partial charge in [0.15, 0.2) is 0 Å². The fourth-order valence-corrected chi connectivity index (χ4v) is 2.40. The monoisotopic (exact) mass is 242 g/mol. The van der Waals surface area contributed by atoms with Crippen molar-refractivity contribution in [1.29, 1.82) is 0 Å². The number of hydrogen-bond acceptors (Lipinski definition) is 4. The summed E-state index contributed by atoms with van der Waals surface area (Å²) in [5, 5.41) is 9.68. The summed E-state index contributed by atoms with van der Waals surface area (Å²) in [4.78, 5) is 15.1. The first-order valence-corrected chi connectivity index (χ1v) is 5.49. The Balaban J connectivity index is 2.16. The molecule has 0 saturated carbocycles. The van der Waals surface area contributed by atoms with Crippen LogP contribution in [-0.4, -0.2) is 5.09 Å². The molecule has 2 aromatic carbocycles. The van der Waals surface area contributed by atoms with Crippen molar-refractivity contribution in [3.63, 3.8) is 0 Å². The molecule has 0 atom stereocenters. The molecule has 2 aromatic rings. The molecule has 0 spiro atoms. The third-order valence-corrected chi connectivity index (χ3v) is 3.16. The van der Waals surface area contributed by atoms with Crippen molar-refractivity contribution in [3.05, 3.63) is 57.6 Å². The zero-order chi connectivity index (χ0) is 12.7. The fraction of sp³-hybridized carbons (Fsp3) is 0.0769. The summed E-state index contributed by atoms with van der Waals surface area (Å²) in [5.74, 6) is 0.285. The molecular weight excluding hydrogens is 232 g/mol. The molecule has 0 fully saturated rings. The first-order valence-electron chi connectivity index (χ1n) is 5.49. The maximum Gasteiger partial charge on any atom is 0.299 e. The van der Waals surface area contributed by atoms with Crippen LogP contribution in [0, 0.1) is 10.1 Å². The first-order chi connectivity index (χ1) is 8.66. The van der Waals surface area contributed by atoms with E-state index < -0.39 is 5.09 Å². The molecule has 2 N–H and O–H groups in total. The van der Waals surface area contributed by atoms with Crippen LogP contribution in [0.3, 0.4) is 0 Å². The highest BCUT2D eigenvalue weighted by molar-refractivity contribution is 5.83. The minimum absolute atomic E-state index is 0.285. The molecule has 90 valence electrons. The number of benzene rings is 2. The van der Waals surface area contributed by atoms with Crippen LogP contribution in [0.25, 0.3) is 11.1 Å². The zero-order valence-corrected chi connectivity index (χ0v) is 9.42. The van der Waals surface area contributed by atoms with Gasteiger partial charge in [-0.2, -0.15) is 0 Å². The summed E-state index contributed by atoms with van der Waals surface area (Å²) in [5.41, 5.74) is 10.4. The van der Waals surface area contributed by atoms with Gasteiger partial charge in [-0.05, 0) is 34.4 Å². The van der Waals surface area contributed by atoms with Gasteiger partial charge < -0.3 is 5.73 Å². The quantitative estimate of drug-likeness (QED) is 0.425. The van der Waals surface area contributed by atoms with Crippen LogP contribution in [0.15, 0.2) is 36.4 Å². The van der Waals surface area contributed by atoms with Crippen LogP contribution in [0.5, 0.6) is 5.75 Å². The highest BCUT2D eigenvalue weighted by Gasteiger charge is 2.23. The van der Waals surface area contributed by atoms with Crippen molar-refractivity contribution < 1.29 is 9.92 Å². The topological polar surface area (TPSA) is 78.4 Å². The Bertz CT molecular complexity index is 653. The molecule has 5 nitrogen and oxygen atoms in total. The number of nitrogen functional groups attached to an aromatic ring is 1. The van der Waals surface area contributed by atoms with E-state index >= 15 is 0 Å². The van der Waals surface area contributed by atoms with E-state index in [9.17, 15) is 10.1 Å². The maximum absolute atomic E-state index is 10.5. The molecule has 0 unspecified atom stereocenters. The van der Waals surface area contributed by atoms with Crippen molar-refractivity contribution in [2.75, 3.05) is 5.73 Å². The number of anilines is 1. The number of hydrogen-bond donors (Lipinski definition) is 1. The van der Waals surface area contributed by atoms with Crippen LogP contribution in [0.4, 0.5) is 5.69 Å². The maximum atomic E-state index is 10.5. The Labute approximate surface area is 103 Å². The second-order valence-corrected chi connectivity index (χ2v) is 4.15. The Morgan fingerprint density at radius 3 is 2.50 bits per heavy atom. The summed E-state index contributed by atoms with van der Waals surface area (Å²) < 4.78 is 0. The van der Waals surface area contributed by atoms with Crippen molar-refractivity contribution in [2.24, 2.45) is 0 Å². The lowest BCUT2D eigenvalue weighted by atomic mass is 10.1. The third kappa shape index (κ3) is 1.48. The van der Waals surface area contributed by atoms with Gasteiger partial charge in [0.1, 0.15) is 5.75 Å². The molecule has 0 bridgehead atoms.